The van der Waals surface area contributed by atoms with Gasteiger partial charge in [-0.25, -0.2) is 0 Å². The first-order chi connectivity index (χ1) is 12.5. The molecule has 27 heavy (non-hydrogen) atoms. The Hall–Kier alpha value is -2.06. The smallest absolute Gasteiger partial charge is 0.122 e. The molecule has 0 aliphatic heterocycles. The maximum Gasteiger partial charge on any atom is 0.122 e. The van der Waals surface area contributed by atoms with Crippen molar-refractivity contribution < 1.29 is 5.11 Å². The summed E-state index contributed by atoms with van der Waals surface area (Å²) in [7, 11) is -1.62. The van der Waals surface area contributed by atoms with Crippen LogP contribution in [0.2, 0.25) is 19.6 Å². The van der Waals surface area contributed by atoms with E-state index in [1.54, 1.807) is 0 Å². The predicted octanol–water partition coefficient (Wildman–Crippen LogP) is 6.68. The molecule has 1 aliphatic rings. The minimum atomic E-state index is -1.62. The number of para-hydroxylation sites is 1. The Morgan fingerprint density at radius 3 is 1.93 bits per heavy atom. The van der Waals surface area contributed by atoms with Crippen LogP contribution in [0.3, 0.4) is 0 Å². The standard InChI is InChI=1S/C25H32OSi/c1-15-12-13-20(21-10-9-11-23(25(21)26)27(6,7)8)22(14-15)24-18(4)16(2)17(3)19(24)5/h9-14,24,26H,1-8H3. The summed E-state index contributed by atoms with van der Waals surface area (Å²) in [4.78, 5) is 0. The number of aromatic hydroxyl groups is 1. The summed E-state index contributed by atoms with van der Waals surface area (Å²) in [5.74, 6) is 0.770. The van der Waals surface area contributed by atoms with Crippen LogP contribution in [0.15, 0.2) is 58.7 Å². The van der Waals surface area contributed by atoms with Crippen molar-refractivity contribution in [3.05, 3.63) is 69.8 Å². The van der Waals surface area contributed by atoms with E-state index in [2.05, 4.69) is 90.7 Å². The second-order valence-electron chi connectivity index (χ2n) is 9.09. The first-order valence-corrected chi connectivity index (χ1v) is 13.3. The normalized spacial score (nSPS) is 15.9. The zero-order valence-corrected chi connectivity index (χ0v) is 19.0. The van der Waals surface area contributed by atoms with Gasteiger partial charge in [-0.1, -0.05) is 72.7 Å². The fourth-order valence-corrected chi connectivity index (χ4v) is 5.79. The Morgan fingerprint density at radius 2 is 1.37 bits per heavy atom. The number of hydrogen-bond acceptors (Lipinski definition) is 1. The van der Waals surface area contributed by atoms with Gasteiger partial charge in [0.2, 0.25) is 0 Å². The summed E-state index contributed by atoms with van der Waals surface area (Å²) in [6.45, 7) is 18.0. The van der Waals surface area contributed by atoms with E-state index >= 15 is 0 Å². The quantitative estimate of drug-likeness (QED) is 0.592. The third kappa shape index (κ3) is 3.32. The minimum absolute atomic E-state index is 0.301. The van der Waals surface area contributed by atoms with Crippen LogP contribution in [0.5, 0.6) is 5.75 Å². The number of hydrogen-bond donors (Lipinski definition) is 1. The largest absolute Gasteiger partial charge is 0.507 e. The zero-order chi connectivity index (χ0) is 20.1. The van der Waals surface area contributed by atoms with E-state index in [0.717, 1.165) is 16.3 Å². The van der Waals surface area contributed by atoms with Crippen LogP contribution in [0.25, 0.3) is 11.1 Å². The fourth-order valence-electron chi connectivity index (χ4n) is 4.35. The van der Waals surface area contributed by atoms with E-state index < -0.39 is 8.07 Å². The maximum absolute atomic E-state index is 11.2. The zero-order valence-electron chi connectivity index (χ0n) is 18.0. The van der Waals surface area contributed by atoms with Crippen LogP contribution in [-0.4, -0.2) is 13.2 Å². The van der Waals surface area contributed by atoms with E-state index in [1.807, 2.05) is 0 Å². The van der Waals surface area contributed by atoms with E-state index in [1.165, 1.54) is 33.4 Å². The molecule has 1 nitrogen and oxygen atoms in total. The molecular weight excluding hydrogens is 344 g/mol. The Balaban J connectivity index is 2.27. The molecule has 2 heteroatoms. The summed E-state index contributed by atoms with van der Waals surface area (Å²) >= 11 is 0. The highest BCUT2D eigenvalue weighted by atomic mass is 28.3. The van der Waals surface area contributed by atoms with Gasteiger partial charge in [-0.2, -0.15) is 0 Å². The molecule has 0 fully saturated rings. The Kier molecular flexibility index (Phi) is 4.98. The van der Waals surface area contributed by atoms with Crippen LogP contribution in [0.4, 0.5) is 0 Å². The highest BCUT2D eigenvalue weighted by molar-refractivity contribution is 6.89. The lowest BCUT2D eigenvalue weighted by Gasteiger charge is -2.24. The van der Waals surface area contributed by atoms with Gasteiger partial charge in [0.15, 0.2) is 0 Å². The van der Waals surface area contributed by atoms with Crippen LogP contribution in [-0.2, 0) is 0 Å². The molecular formula is C25H32OSi. The highest BCUT2D eigenvalue weighted by Crippen LogP contribution is 2.47. The van der Waals surface area contributed by atoms with Gasteiger partial charge in [-0.05, 0) is 62.1 Å². The first-order valence-electron chi connectivity index (χ1n) is 9.82. The van der Waals surface area contributed by atoms with Gasteiger partial charge in [0, 0.05) is 11.5 Å². The van der Waals surface area contributed by atoms with Crippen molar-refractivity contribution in [2.75, 3.05) is 0 Å². The Labute approximate surface area is 165 Å². The van der Waals surface area contributed by atoms with Gasteiger partial charge in [0.25, 0.3) is 0 Å². The molecule has 1 aliphatic carbocycles. The number of allylic oxidation sites excluding steroid dienone is 4. The summed E-state index contributed by atoms with van der Waals surface area (Å²) in [5, 5.41) is 12.3. The lowest BCUT2D eigenvalue weighted by atomic mass is 9.83. The lowest BCUT2D eigenvalue weighted by Crippen LogP contribution is -2.37. The maximum atomic E-state index is 11.2. The number of aryl methyl sites for hydroxylation is 1. The van der Waals surface area contributed by atoms with Gasteiger partial charge in [-0.3, -0.25) is 0 Å². The van der Waals surface area contributed by atoms with Crippen LogP contribution in [0, 0.1) is 6.92 Å². The number of phenolic OH excluding ortho intramolecular Hbond substituents is 1. The van der Waals surface area contributed by atoms with Crippen LogP contribution >= 0.6 is 0 Å². The molecule has 0 radical (unpaired) electrons. The van der Waals surface area contributed by atoms with Gasteiger partial charge >= 0.3 is 0 Å². The summed E-state index contributed by atoms with van der Waals surface area (Å²) in [5.41, 5.74) is 10.4. The van der Waals surface area contributed by atoms with Crippen molar-refractivity contribution in [1.29, 1.82) is 0 Å². The molecule has 2 aromatic carbocycles. The van der Waals surface area contributed by atoms with Crippen molar-refractivity contribution in [1.82, 2.24) is 0 Å². The third-order valence-electron chi connectivity index (χ3n) is 6.26. The average molecular weight is 377 g/mol. The van der Waals surface area contributed by atoms with Crippen molar-refractivity contribution in [2.24, 2.45) is 0 Å². The van der Waals surface area contributed by atoms with E-state index in [9.17, 15) is 5.11 Å². The molecule has 142 valence electrons. The van der Waals surface area contributed by atoms with Crippen molar-refractivity contribution >= 4 is 13.3 Å². The molecule has 0 unspecified atom stereocenters. The molecule has 2 aromatic rings. The molecule has 0 bridgehead atoms. The topological polar surface area (TPSA) is 20.2 Å². The monoisotopic (exact) mass is 376 g/mol. The molecule has 0 saturated heterocycles. The second kappa shape index (κ2) is 6.83. The summed E-state index contributed by atoms with van der Waals surface area (Å²) in [6, 6.07) is 12.9. The first kappa shape index (κ1) is 19.7. The molecule has 0 heterocycles. The summed E-state index contributed by atoms with van der Waals surface area (Å²) < 4.78 is 0. The summed E-state index contributed by atoms with van der Waals surface area (Å²) in [6.07, 6.45) is 0. The molecule has 0 aromatic heterocycles. The van der Waals surface area contributed by atoms with Gasteiger partial charge < -0.3 is 5.11 Å². The molecule has 3 rings (SSSR count). The van der Waals surface area contributed by atoms with Crippen molar-refractivity contribution in [3.63, 3.8) is 0 Å². The molecule has 0 atom stereocenters. The molecule has 0 saturated carbocycles. The number of rotatable bonds is 3. The van der Waals surface area contributed by atoms with E-state index in [-0.39, 0.29) is 0 Å². The minimum Gasteiger partial charge on any atom is -0.507 e. The predicted molar refractivity (Wildman–Crippen MR) is 121 cm³/mol. The SMILES string of the molecule is CC1=C(C)C(c2cc(C)ccc2-c2cccc([Si](C)(C)C)c2O)C(C)=C1C. The highest BCUT2D eigenvalue weighted by Gasteiger charge is 2.29. The lowest BCUT2D eigenvalue weighted by molar-refractivity contribution is 0.481. The number of phenols is 1. The molecule has 0 amide bonds. The van der Waals surface area contributed by atoms with Crippen LogP contribution < -0.4 is 5.19 Å². The van der Waals surface area contributed by atoms with E-state index in [0.29, 0.717) is 11.7 Å². The third-order valence-corrected chi connectivity index (χ3v) is 8.28. The van der Waals surface area contributed by atoms with Gasteiger partial charge in [-0.15, -0.1) is 0 Å². The van der Waals surface area contributed by atoms with Gasteiger partial charge in [0.05, 0.1) is 8.07 Å². The van der Waals surface area contributed by atoms with Crippen LogP contribution in [0.1, 0.15) is 44.7 Å². The number of benzene rings is 2. The van der Waals surface area contributed by atoms with E-state index in [4.69, 9.17) is 0 Å². The fraction of sp³-hybridized carbons (Fsp3) is 0.360. The average Bonchev–Trinajstić information content (AvgIpc) is 2.78. The molecule has 0 spiro atoms. The Morgan fingerprint density at radius 1 is 0.778 bits per heavy atom. The van der Waals surface area contributed by atoms with Crippen molar-refractivity contribution in [3.8, 4) is 16.9 Å². The van der Waals surface area contributed by atoms with Gasteiger partial charge in [0.1, 0.15) is 5.75 Å². The Bertz CT molecular complexity index is 946. The molecule has 1 N–H and O–H groups in total. The second-order valence-corrected chi connectivity index (χ2v) is 14.1. The van der Waals surface area contributed by atoms with Crippen molar-refractivity contribution in [2.45, 2.75) is 60.2 Å².